The number of anilines is 1. The molecule has 1 aromatic carbocycles. The molecule has 1 saturated carbocycles. The van der Waals surface area contributed by atoms with Gasteiger partial charge in [0.15, 0.2) is 6.61 Å². The Hall–Kier alpha value is -2.56. The minimum atomic E-state index is -0.0536. The van der Waals surface area contributed by atoms with E-state index in [0.29, 0.717) is 11.8 Å². The molecule has 1 amide bonds. The number of pyridine rings is 1. The lowest BCUT2D eigenvalue weighted by Gasteiger charge is -2.16. The average Bonchev–Trinajstić information content (AvgIpc) is 3.37. The van der Waals surface area contributed by atoms with Crippen LogP contribution < -0.4 is 15.4 Å². The summed E-state index contributed by atoms with van der Waals surface area (Å²) in [6.07, 6.45) is 2.17. The second kappa shape index (κ2) is 7.34. The van der Waals surface area contributed by atoms with Crippen LogP contribution in [0.1, 0.15) is 37.1 Å². The molecule has 0 spiro atoms. The van der Waals surface area contributed by atoms with Crippen LogP contribution in [0.5, 0.6) is 5.75 Å². The van der Waals surface area contributed by atoms with Crippen LogP contribution >= 0.6 is 0 Å². The predicted molar refractivity (Wildman–Crippen MR) is 94.1 cm³/mol. The number of carbonyl (C=O) groups is 1. The van der Waals surface area contributed by atoms with Gasteiger partial charge in [0.25, 0.3) is 5.91 Å². The third-order valence-corrected chi connectivity index (χ3v) is 3.95. The standard InChI is InChI=1S/C19H23N3O2/c1-13-4-3-5-18(20-13)21-14(2)15-6-10-17(11-7-15)24-12-19(23)22-16-8-9-16/h3-7,10-11,14,16H,8-9,12H2,1-2H3,(H,20,21)(H,22,23). The van der Waals surface area contributed by atoms with Crippen molar-refractivity contribution >= 4 is 11.7 Å². The third-order valence-electron chi connectivity index (χ3n) is 3.95. The number of rotatable bonds is 7. The van der Waals surface area contributed by atoms with Crippen molar-refractivity contribution in [2.75, 3.05) is 11.9 Å². The van der Waals surface area contributed by atoms with Gasteiger partial charge in [-0.25, -0.2) is 4.98 Å². The quantitative estimate of drug-likeness (QED) is 0.820. The highest BCUT2D eigenvalue weighted by atomic mass is 16.5. The summed E-state index contributed by atoms with van der Waals surface area (Å²) in [5.41, 5.74) is 2.12. The van der Waals surface area contributed by atoms with Crippen LogP contribution in [-0.2, 0) is 4.79 Å². The molecular formula is C19H23N3O2. The van der Waals surface area contributed by atoms with Crippen LogP contribution in [0.2, 0.25) is 0 Å². The lowest BCUT2D eigenvalue weighted by Crippen LogP contribution is -2.30. The highest BCUT2D eigenvalue weighted by Crippen LogP contribution is 2.21. The number of hydrogen-bond acceptors (Lipinski definition) is 4. The molecule has 0 saturated heterocycles. The fraction of sp³-hybridized carbons (Fsp3) is 0.368. The summed E-state index contributed by atoms with van der Waals surface area (Å²) in [6.45, 7) is 4.13. The van der Waals surface area contributed by atoms with E-state index in [4.69, 9.17) is 4.74 Å². The maximum atomic E-state index is 11.6. The topological polar surface area (TPSA) is 63.2 Å². The Kier molecular flexibility index (Phi) is 4.99. The first kappa shape index (κ1) is 16.3. The van der Waals surface area contributed by atoms with E-state index in [2.05, 4.69) is 22.5 Å². The van der Waals surface area contributed by atoms with Gasteiger partial charge in [-0.1, -0.05) is 18.2 Å². The summed E-state index contributed by atoms with van der Waals surface area (Å²) in [7, 11) is 0. The minimum absolute atomic E-state index is 0.0536. The maximum absolute atomic E-state index is 11.6. The summed E-state index contributed by atoms with van der Waals surface area (Å²) in [5.74, 6) is 1.51. The van der Waals surface area contributed by atoms with Gasteiger partial charge in [0.05, 0.1) is 0 Å². The van der Waals surface area contributed by atoms with Crippen molar-refractivity contribution in [1.82, 2.24) is 10.3 Å². The van der Waals surface area contributed by atoms with Gasteiger partial charge in [0, 0.05) is 17.8 Å². The molecule has 3 rings (SSSR count). The summed E-state index contributed by atoms with van der Waals surface area (Å²) in [5, 5.41) is 6.29. The molecule has 0 aliphatic heterocycles. The highest BCUT2D eigenvalue weighted by molar-refractivity contribution is 5.78. The Morgan fingerprint density at radius 3 is 2.67 bits per heavy atom. The fourth-order valence-electron chi connectivity index (χ4n) is 2.43. The van der Waals surface area contributed by atoms with Crippen molar-refractivity contribution in [2.45, 2.75) is 38.8 Å². The van der Waals surface area contributed by atoms with Gasteiger partial charge in [0.2, 0.25) is 0 Å². The lowest BCUT2D eigenvalue weighted by atomic mass is 10.1. The SMILES string of the molecule is Cc1cccc(NC(C)c2ccc(OCC(=O)NC3CC3)cc2)n1. The third kappa shape index (κ3) is 4.72. The molecule has 126 valence electrons. The van der Waals surface area contributed by atoms with Crippen molar-refractivity contribution in [3.63, 3.8) is 0 Å². The van der Waals surface area contributed by atoms with Gasteiger partial charge in [0.1, 0.15) is 11.6 Å². The molecule has 5 nitrogen and oxygen atoms in total. The first-order valence-electron chi connectivity index (χ1n) is 8.32. The first-order chi connectivity index (χ1) is 11.6. The van der Waals surface area contributed by atoms with E-state index in [-0.39, 0.29) is 18.6 Å². The smallest absolute Gasteiger partial charge is 0.258 e. The predicted octanol–water partition coefficient (Wildman–Crippen LogP) is 3.22. The summed E-state index contributed by atoms with van der Waals surface area (Å²) in [4.78, 5) is 16.1. The maximum Gasteiger partial charge on any atom is 0.258 e. The zero-order valence-corrected chi connectivity index (χ0v) is 14.1. The van der Waals surface area contributed by atoms with Gasteiger partial charge in [-0.15, -0.1) is 0 Å². The Labute approximate surface area is 142 Å². The molecule has 1 fully saturated rings. The number of ether oxygens (including phenoxy) is 1. The van der Waals surface area contributed by atoms with Gasteiger partial charge in [-0.05, 0) is 56.5 Å². The van der Waals surface area contributed by atoms with Crippen LogP contribution in [0, 0.1) is 6.92 Å². The second-order valence-corrected chi connectivity index (χ2v) is 6.23. The van der Waals surface area contributed by atoms with E-state index in [1.54, 1.807) is 0 Å². The Morgan fingerprint density at radius 1 is 1.25 bits per heavy atom. The number of aromatic nitrogens is 1. The van der Waals surface area contributed by atoms with Crippen molar-refractivity contribution in [2.24, 2.45) is 0 Å². The number of aryl methyl sites for hydroxylation is 1. The summed E-state index contributed by atoms with van der Waals surface area (Å²) in [6, 6.07) is 14.2. The number of carbonyl (C=O) groups excluding carboxylic acids is 1. The van der Waals surface area contributed by atoms with E-state index in [1.807, 2.05) is 49.4 Å². The zero-order chi connectivity index (χ0) is 16.9. The molecule has 0 radical (unpaired) electrons. The monoisotopic (exact) mass is 325 g/mol. The van der Waals surface area contributed by atoms with Crippen molar-refractivity contribution in [3.05, 3.63) is 53.7 Å². The van der Waals surface area contributed by atoms with Crippen molar-refractivity contribution in [3.8, 4) is 5.75 Å². The molecule has 1 atom stereocenters. The second-order valence-electron chi connectivity index (χ2n) is 6.23. The van der Waals surface area contributed by atoms with Crippen LogP contribution in [0.3, 0.4) is 0 Å². The van der Waals surface area contributed by atoms with E-state index in [1.165, 1.54) is 0 Å². The van der Waals surface area contributed by atoms with Crippen LogP contribution in [0.15, 0.2) is 42.5 Å². The van der Waals surface area contributed by atoms with Gasteiger partial charge in [-0.2, -0.15) is 0 Å². The van der Waals surface area contributed by atoms with E-state index < -0.39 is 0 Å². The number of nitrogens with zero attached hydrogens (tertiary/aromatic N) is 1. The largest absolute Gasteiger partial charge is 0.484 e. The van der Waals surface area contributed by atoms with Gasteiger partial charge < -0.3 is 15.4 Å². The highest BCUT2D eigenvalue weighted by Gasteiger charge is 2.23. The number of hydrogen-bond donors (Lipinski definition) is 2. The molecule has 2 aromatic rings. The molecule has 1 aliphatic carbocycles. The van der Waals surface area contributed by atoms with Crippen LogP contribution in [-0.4, -0.2) is 23.5 Å². The number of benzene rings is 1. The van der Waals surface area contributed by atoms with E-state index >= 15 is 0 Å². The van der Waals surface area contributed by atoms with Crippen molar-refractivity contribution < 1.29 is 9.53 Å². The molecule has 1 aliphatic rings. The first-order valence-corrected chi connectivity index (χ1v) is 8.32. The Bertz CT molecular complexity index is 696. The Morgan fingerprint density at radius 2 is 2.00 bits per heavy atom. The zero-order valence-electron chi connectivity index (χ0n) is 14.1. The molecule has 1 aromatic heterocycles. The minimum Gasteiger partial charge on any atom is -0.484 e. The van der Waals surface area contributed by atoms with E-state index in [9.17, 15) is 4.79 Å². The van der Waals surface area contributed by atoms with Gasteiger partial charge in [-0.3, -0.25) is 4.79 Å². The van der Waals surface area contributed by atoms with E-state index in [0.717, 1.165) is 29.9 Å². The summed E-state index contributed by atoms with van der Waals surface area (Å²) < 4.78 is 5.52. The Balaban J connectivity index is 1.52. The van der Waals surface area contributed by atoms with Gasteiger partial charge >= 0.3 is 0 Å². The number of nitrogens with one attached hydrogen (secondary N) is 2. The normalized spacial score (nSPS) is 14.8. The molecule has 24 heavy (non-hydrogen) atoms. The average molecular weight is 325 g/mol. The van der Waals surface area contributed by atoms with Crippen LogP contribution in [0.4, 0.5) is 5.82 Å². The van der Waals surface area contributed by atoms with Crippen LogP contribution in [0.25, 0.3) is 0 Å². The molecule has 5 heteroatoms. The molecule has 2 N–H and O–H groups in total. The fourth-order valence-corrected chi connectivity index (χ4v) is 2.43. The molecule has 1 heterocycles. The lowest BCUT2D eigenvalue weighted by molar-refractivity contribution is -0.123. The number of amides is 1. The molecule has 0 bridgehead atoms. The summed E-state index contributed by atoms with van der Waals surface area (Å²) >= 11 is 0. The van der Waals surface area contributed by atoms with Crippen molar-refractivity contribution in [1.29, 1.82) is 0 Å². The molecular weight excluding hydrogens is 302 g/mol. The molecule has 1 unspecified atom stereocenters.